The van der Waals surface area contributed by atoms with E-state index in [4.69, 9.17) is 4.74 Å². The summed E-state index contributed by atoms with van der Waals surface area (Å²) < 4.78 is 5.31. The Morgan fingerprint density at radius 2 is 2.11 bits per heavy atom. The quantitative estimate of drug-likeness (QED) is 0.757. The second-order valence-electron chi connectivity index (χ2n) is 4.75. The minimum absolute atomic E-state index is 0.289. The molecule has 0 bridgehead atoms. The molecule has 1 fully saturated rings. The van der Waals surface area contributed by atoms with Crippen molar-refractivity contribution >= 4 is 16.5 Å². The Kier molecular flexibility index (Phi) is 3.08. The van der Waals surface area contributed by atoms with Gasteiger partial charge in [-0.2, -0.15) is 0 Å². The van der Waals surface area contributed by atoms with Crippen molar-refractivity contribution in [3.05, 3.63) is 38.9 Å². The van der Waals surface area contributed by atoms with E-state index < -0.39 is 0 Å². The van der Waals surface area contributed by atoms with Gasteiger partial charge in [0.05, 0.1) is 17.4 Å². The number of benzene rings is 1. The highest BCUT2D eigenvalue weighted by Gasteiger charge is 2.16. The van der Waals surface area contributed by atoms with Gasteiger partial charge in [-0.25, -0.2) is 0 Å². The number of hydrogen-bond donors (Lipinski definition) is 3. The van der Waals surface area contributed by atoms with E-state index in [0.29, 0.717) is 22.4 Å². The van der Waals surface area contributed by atoms with Crippen molar-refractivity contribution in [2.45, 2.75) is 6.42 Å². The molecule has 0 aliphatic carbocycles. The summed E-state index contributed by atoms with van der Waals surface area (Å²) in [7, 11) is 0. The maximum atomic E-state index is 11.9. The van der Waals surface area contributed by atoms with Crippen LogP contribution in [0.2, 0.25) is 0 Å². The topological polar surface area (TPSA) is 87.0 Å². The van der Waals surface area contributed by atoms with Crippen molar-refractivity contribution in [2.24, 2.45) is 5.92 Å². The zero-order valence-electron chi connectivity index (χ0n) is 10.4. The summed E-state index contributed by atoms with van der Waals surface area (Å²) >= 11 is 0. The van der Waals surface area contributed by atoms with Gasteiger partial charge in [-0.15, -0.1) is 0 Å². The number of hydrogen-bond acceptors (Lipinski definition) is 4. The molecule has 3 rings (SSSR count). The Hall–Kier alpha value is -2.08. The number of ether oxygens (including phenoxy) is 1. The number of aromatic nitrogens is 2. The van der Waals surface area contributed by atoms with E-state index in [1.165, 1.54) is 0 Å². The van der Waals surface area contributed by atoms with Gasteiger partial charge in [0, 0.05) is 24.8 Å². The van der Waals surface area contributed by atoms with Gasteiger partial charge >= 0.3 is 0 Å². The van der Waals surface area contributed by atoms with E-state index in [1.807, 2.05) is 6.07 Å². The lowest BCUT2D eigenvalue weighted by Crippen LogP contribution is -2.21. The predicted molar refractivity (Wildman–Crippen MR) is 72.6 cm³/mol. The number of nitrogens with one attached hydrogen (secondary N) is 3. The van der Waals surface area contributed by atoms with Crippen LogP contribution in [0.5, 0.6) is 0 Å². The molecule has 100 valence electrons. The molecule has 0 radical (unpaired) electrons. The molecule has 0 spiro atoms. The molecule has 2 aromatic rings. The molecule has 3 N–H and O–H groups in total. The maximum absolute atomic E-state index is 11.9. The Bertz CT molecular complexity index is 698. The predicted octanol–water partition coefficient (Wildman–Crippen LogP) is 0.665. The molecule has 1 aromatic heterocycles. The van der Waals surface area contributed by atoms with Crippen molar-refractivity contribution in [1.29, 1.82) is 0 Å². The summed E-state index contributed by atoms with van der Waals surface area (Å²) in [4.78, 5) is 23.5. The van der Waals surface area contributed by atoms with Gasteiger partial charge in [0.2, 0.25) is 0 Å². The number of anilines is 1. The molecule has 0 amide bonds. The molecule has 6 nitrogen and oxygen atoms in total. The van der Waals surface area contributed by atoms with E-state index >= 15 is 0 Å². The zero-order chi connectivity index (χ0) is 13.2. The highest BCUT2D eigenvalue weighted by atomic mass is 16.5. The van der Waals surface area contributed by atoms with Gasteiger partial charge in [0.1, 0.15) is 0 Å². The lowest BCUT2D eigenvalue weighted by Gasteiger charge is -2.12. The molecular formula is C13H15N3O3. The van der Waals surface area contributed by atoms with Gasteiger partial charge in [-0.05, 0) is 18.6 Å². The van der Waals surface area contributed by atoms with Crippen LogP contribution in [0.3, 0.4) is 0 Å². The van der Waals surface area contributed by atoms with Crippen LogP contribution in [0, 0.1) is 5.92 Å². The van der Waals surface area contributed by atoms with Crippen molar-refractivity contribution in [2.75, 3.05) is 25.1 Å². The van der Waals surface area contributed by atoms with Gasteiger partial charge in [-0.3, -0.25) is 19.8 Å². The normalized spacial score (nSPS) is 18.8. The van der Waals surface area contributed by atoms with E-state index in [-0.39, 0.29) is 11.1 Å². The first-order chi connectivity index (χ1) is 9.25. The number of H-pyrrole nitrogens is 2. The zero-order valence-corrected chi connectivity index (χ0v) is 10.4. The van der Waals surface area contributed by atoms with Crippen LogP contribution in [-0.4, -0.2) is 30.0 Å². The van der Waals surface area contributed by atoms with Gasteiger partial charge in [-0.1, -0.05) is 6.07 Å². The van der Waals surface area contributed by atoms with Gasteiger partial charge in [0.25, 0.3) is 11.1 Å². The molecule has 0 saturated carbocycles. The average molecular weight is 261 g/mol. The molecule has 1 unspecified atom stereocenters. The Balaban J connectivity index is 1.96. The van der Waals surface area contributed by atoms with Crippen molar-refractivity contribution in [1.82, 2.24) is 10.2 Å². The van der Waals surface area contributed by atoms with Crippen LogP contribution in [0.25, 0.3) is 10.8 Å². The van der Waals surface area contributed by atoms with Crippen LogP contribution in [-0.2, 0) is 4.74 Å². The van der Waals surface area contributed by atoms with Crippen LogP contribution >= 0.6 is 0 Å². The van der Waals surface area contributed by atoms with Crippen molar-refractivity contribution in [3.63, 3.8) is 0 Å². The highest BCUT2D eigenvalue weighted by molar-refractivity contribution is 5.92. The molecule has 1 saturated heterocycles. The standard InChI is InChI=1S/C13H15N3O3/c17-12-9-2-1-3-10(11(9)13(18)16-15-12)14-6-8-4-5-19-7-8/h1-3,8,14H,4-7H2,(H,15,17)(H,16,18). The molecule has 1 aliphatic heterocycles. The molecule has 1 aliphatic rings. The first-order valence-corrected chi connectivity index (χ1v) is 6.31. The number of fused-ring (bicyclic) bond motifs is 1. The fraction of sp³-hybridized carbons (Fsp3) is 0.385. The molecule has 1 aromatic carbocycles. The Morgan fingerprint density at radius 3 is 2.89 bits per heavy atom. The van der Waals surface area contributed by atoms with Crippen LogP contribution in [0.15, 0.2) is 27.8 Å². The van der Waals surface area contributed by atoms with Crippen molar-refractivity contribution in [3.8, 4) is 0 Å². The first-order valence-electron chi connectivity index (χ1n) is 6.31. The van der Waals surface area contributed by atoms with Gasteiger partial charge in [0.15, 0.2) is 0 Å². The first kappa shape index (κ1) is 12.0. The van der Waals surface area contributed by atoms with Crippen LogP contribution in [0.4, 0.5) is 5.69 Å². The summed E-state index contributed by atoms with van der Waals surface area (Å²) in [6.45, 7) is 2.28. The molecule has 6 heteroatoms. The molecule has 2 heterocycles. The third-order valence-electron chi connectivity index (χ3n) is 3.43. The number of rotatable bonds is 3. The second-order valence-corrected chi connectivity index (χ2v) is 4.75. The van der Waals surface area contributed by atoms with E-state index in [9.17, 15) is 9.59 Å². The summed E-state index contributed by atoms with van der Waals surface area (Å²) in [5.41, 5.74) is 0.111. The van der Waals surface area contributed by atoms with Crippen molar-refractivity contribution < 1.29 is 4.74 Å². The van der Waals surface area contributed by atoms with Crippen LogP contribution < -0.4 is 16.4 Å². The fourth-order valence-corrected chi connectivity index (χ4v) is 2.38. The SMILES string of the molecule is O=c1[nH][nH]c(=O)c2c(NCC3CCOC3)cccc12. The molecular weight excluding hydrogens is 246 g/mol. The highest BCUT2D eigenvalue weighted by Crippen LogP contribution is 2.19. The van der Waals surface area contributed by atoms with E-state index in [0.717, 1.165) is 26.2 Å². The largest absolute Gasteiger partial charge is 0.384 e. The number of aromatic amines is 2. The molecule has 19 heavy (non-hydrogen) atoms. The fourth-order valence-electron chi connectivity index (χ4n) is 2.38. The van der Waals surface area contributed by atoms with E-state index in [1.54, 1.807) is 12.1 Å². The minimum atomic E-state index is -0.291. The Labute approximate surface area is 108 Å². The Morgan fingerprint density at radius 1 is 1.26 bits per heavy atom. The smallest absolute Gasteiger partial charge is 0.272 e. The maximum Gasteiger partial charge on any atom is 0.272 e. The monoisotopic (exact) mass is 261 g/mol. The third-order valence-corrected chi connectivity index (χ3v) is 3.43. The summed E-state index contributed by atoms with van der Waals surface area (Å²) in [5.74, 6) is 0.455. The van der Waals surface area contributed by atoms with E-state index in [2.05, 4.69) is 15.5 Å². The summed E-state index contributed by atoms with van der Waals surface area (Å²) in [6, 6.07) is 5.23. The lowest BCUT2D eigenvalue weighted by atomic mass is 10.1. The summed E-state index contributed by atoms with van der Waals surface area (Å²) in [6.07, 6.45) is 1.02. The molecule has 1 atom stereocenters. The minimum Gasteiger partial charge on any atom is -0.384 e. The third kappa shape index (κ3) is 2.26. The van der Waals surface area contributed by atoms with Crippen LogP contribution in [0.1, 0.15) is 6.42 Å². The summed E-state index contributed by atoms with van der Waals surface area (Å²) in [5, 5.41) is 8.73. The second kappa shape index (κ2) is 4.89. The average Bonchev–Trinajstić information content (AvgIpc) is 2.94. The van der Waals surface area contributed by atoms with Gasteiger partial charge < -0.3 is 10.1 Å². The lowest BCUT2D eigenvalue weighted by molar-refractivity contribution is 0.187.